The van der Waals surface area contributed by atoms with E-state index in [9.17, 15) is 14.0 Å². The third-order valence-corrected chi connectivity index (χ3v) is 6.09. The molecule has 0 aliphatic heterocycles. The van der Waals surface area contributed by atoms with Crippen LogP contribution in [0.4, 0.5) is 4.39 Å². The lowest BCUT2D eigenvalue weighted by Crippen LogP contribution is -2.52. The van der Waals surface area contributed by atoms with Gasteiger partial charge in [0.1, 0.15) is 11.9 Å². The van der Waals surface area contributed by atoms with Crippen molar-refractivity contribution in [2.75, 3.05) is 6.54 Å². The number of hydrogen-bond donors (Lipinski definition) is 1. The van der Waals surface area contributed by atoms with Crippen LogP contribution in [-0.2, 0) is 22.4 Å². The van der Waals surface area contributed by atoms with Crippen molar-refractivity contribution >= 4 is 11.8 Å². The molecule has 1 atom stereocenters. The molecule has 0 heterocycles. The Morgan fingerprint density at radius 3 is 2.32 bits per heavy atom. The van der Waals surface area contributed by atoms with Crippen molar-refractivity contribution in [1.82, 2.24) is 10.2 Å². The van der Waals surface area contributed by atoms with Crippen molar-refractivity contribution in [3.05, 3.63) is 71.5 Å². The summed E-state index contributed by atoms with van der Waals surface area (Å²) in [5.74, 6) is -0.487. The zero-order valence-corrected chi connectivity index (χ0v) is 18.4. The van der Waals surface area contributed by atoms with Crippen molar-refractivity contribution in [2.24, 2.45) is 0 Å². The molecule has 0 spiro atoms. The van der Waals surface area contributed by atoms with Crippen LogP contribution in [0.25, 0.3) is 0 Å². The van der Waals surface area contributed by atoms with Gasteiger partial charge in [-0.05, 0) is 48.9 Å². The Bertz CT molecular complexity index is 832. The maximum atomic E-state index is 13.3. The van der Waals surface area contributed by atoms with Crippen LogP contribution in [0.2, 0.25) is 0 Å². The van der Waals surface area contributed by atoms with E-state index in [4.69, 9.17) is 0 Å². The average Bonchev–Trinajstić information content (AvgIpc) is 2.79. The fourth-order valence-corrected chi connectivity index (χ4v) is 4.32. The summed E-state index contributed by atoms with van der Waals surface area (Å²) in [4.78, 5) is 28.1. The highest BCUT2D eigenvalue weighted by Crippen LogP contribution is 2.19. The Morgan fingerprint density at radius 1 is 1.00 bits per heavy atom. The number of amides is 2. The van der Waals surface area contributed by atoms with Crippen molar-refractivity contribution < 1.29 is 14.0 Å². The van der Waals surface area contributed by atoms with E-state index in [1.54, 1.807) is 17.0 Å². The van der Waals surface area contributed by atoms with Crippen LogP contribution in [-0.4, -0.2) is 35.3 Å². The first kappa shape index (κ1) is 23.0. The van der Waals surface area contributed by atoms with E-state index in [1.807, 2.05) is 37.3 Å². The van der Waals surface area contributed by atoms with Crippen molar-refractivity contribution in [2.45, 2.75) is 70.4 Å². The van der Waals surface area contributed by atoms with Gasteiger partial charge in [-0.25, -0.2) is 4.39 Å². The minimum Gasteiger partial charge on any atom is -0.352 e. The predicted octanol–water partition coefficient (Wildman–Crippen LogP) is 4.67. The smallest absolute Gasteiger partial charge is 0.243 e. The fourth-order valence-electron chi connectivity index (χ4n) is 4.32. The van der Waals surface area contributed by atoms with Crippen LogP contribution in [0.15, 0.2) is 54.6 Å². The molecule has 5 heteroatoms. The van der Waals surface area contributed by atoms with E-state index in [0.717, 1.165) is 36.8 Å². The second kappa shape index (κ2) is 11.6. The molecule has 1 N–H and O–H groups in total. The standard InChI is InChI=1S/C26H33FN2O2/c1-2-24(26(31)28-23-11-7-4-8-12-23)29(18-17-20-9-5-3-6-10-20)25(30)19-21-13-15-22(27)16-14-21/h3,5-6,9-10,13-16,23-24H,2,4,7-8,11-12,17-19H2,1H3,(H,28,31)/t24-/m1/s1. The van der Waals surface area contributed by atoms with Crippen LogP contribution >= 0.6 is 0 Å². The maximum Gasteiger partial charge on any atom is 0.243 e. The summed E-state index contributed by atoms with van der Waals surface area (Å²) in [5.41, 5.74) is 1.88. The molecule has 0 bridgehead atoms. The first-order chi connectivity index (χ1) is 15.1. The van der Waals surface area contributed by atoms with E-state index in [-0.39, 0.29) is 30.1 Å². The summed E-state index contributed by atoms with van der Waals surface area (Å²) in [6.07, 6.45) is 6.92. The Balaban J connectivity index is 1.73. The molecule has 1 aliphatic carbocycles. The summed E-state index contributed by atoms with van der Waals surface area (Å²) < 4.78 is 13.3. The molecule has 0 radical (unpaired) electrons. The van der Waals surface area contributed by atoms with E-state index >= 15 is 0 Å². The maximum absolute atomic E-state index is 13.3. The molecule has 0 aromatic heterocycles. The van der Waals surface area contributed by atoms with Gasteiger partial charge in [0.2, 0.25) is 11.8 Å². The molecule has 3 rings (SSSR count). The van der Waals surface area contributed by atoms with E-state index in [1.165, 1.54) is 18.6 Å². The third kappa shape index (κ3) is 6.91. The Kier molecular flexibility index (Phi) is 8.63. The minimum atomic E-state index is -0.501. The summed E-state index contributed by atoms with van der Waals surface area (Å²) in [5, 5.41) is 3.19. The van der Waals surface area contributed by atoms with E-state index in [0.29, 0.717) is 19.4 Å². The van der Waals surface area contributed by atoms with Gasteiger partial charge in [0.05, 0.1) is 6.42 Å². The Morgan fingerprint density at radius 2 is 1.68 bits per heavy atom. The van der Waals surface area contributed by atoms with Crippen LogP contribution in [0.3, 0.4) is 0 Å². The van der Waals surface area contributed by atoms with Gasteiger partial charge < -0.3 is 10.2 Å². The monoisotopic (exact) mass is 424 g/mol. The highest BCUT2D eigenvalue weighted by molar-refractivity contribution is 5.88. The fraction of sp³-hybridized carbons (Fsp3) is 0.462. The summed E-state index contributed by atoms with van der Waals surface area (Å²) in [7, 11) is 0. The third-order valence-electron chi connectivity index (χ3n) is 6.09. The highest BCUT2D eigenvalue weighted by Gasteiger charge is 2.30. The molecule has 2 aromatic carbocycles. The largest absolute Gasteiger partial charge is 0.352 e. The second-order valence-electron chi connectivity index (χ2n) is 8.39. The number of nitrogens with one attached hydrogen (secondary N) is 1. The first-order valence-corrected chi connectivity index (χ1v) is 11.4. The summed E-state index contributed by atoms with van der Waals surface area (Å²) >= 11 is 0. The van der Waals surface area contributed by atoms with Gasteiger partial charge in [-0.2, -0.15) is 0 Å². The number of nitrogens with zero attached hydrogens (tertiary/aromatic N) is 1. The number of carbonyl (C=O) groups excluding carboxylic acids is 2. The molecular formula is C26H33FN2O2. The first-order valence-electron chi connectivity index (χ1n) is 11.4. The normalized spacial score (nSPS) is 15.3. The summed E-state index contributed by atoms with van der Waals surface area (Å²) in [6, 6.07) is 15.7. The van der Waals surface area contributed by atoms with Gasteiger partial charge in [-0.15, -0.1) is 0 Å². The van der Waals surface area contributed by atoms with Crippen LogP contribution < -0.4 is 5.32 Å². The van der Waals surface area contributed by atoms with E-state index in [2.05, 4.69) is 5.32 Å². The van der Waals surface area contributed by atoms with Crippen LogP contribution in [0, 0.1) is 5.82 Å². The molecule has 166 valence electrons. The average molecular weight is 425 g/mol. The SMILES string of the molecule is CC[C@H](C(=O)NC1CCCCC1)N(CCc1ccccc1)C(=O)Cc1ccc(F)cc1. The lowest BCUT2D eigenvalue weighted by Gasteiger charge is -2.33. The zero-order chi connectivity index (χ0) is 22.1. The molecule has 4 nitrogen and oxygen atoms in total. The van der Waals surface area contributed by atoms with Crippen molar-refractivity contribution in [3.63, 3.8) is 0 Å². The molecular weight excluding hydrogens is 391 g/mol. The molecule has 1 fully saturated rings. The molecule has 2 aromatic rings. The lowest BCUT2D eigenvalue weighted by atomic mass is 9.95. The topological polar surface area (TPSA) is 49.4 Å². The zero-order valence-electron chi connectivity index (χ0n) is 18.4. The Labute approximate surface area is 184 Å². The Hall–Kier alpha value is -2.69. The summed E-state index contributed by atoms with van der Waals surface area (Å²) in [6.45, 7) is 2.42. The molecule has 31 heavy (non-hydrogen) atoms. The van der Waals surface area contributed by atoms with Crippen LogP contribution in [0.1, 0.15) is 56.6 Å². The molecule has 1 saturated carbocycles. The van der Waals surface area contributed by atoms with Crippen LogP contribution in [0.5, 0.6) is 0 Å². The number of carbonyl (C=O) groups is 2. The molecule has 0 saturated heterocycles. The van der Waals surface area contributed by atoms with Crippen molar-refractivity contribution in [3.8, 4) is 0 Å². The molecule has 0 unspecified atom stereocenters. The minimum absolute atomic E-state index is 0.0603. The highest BCUT2D eigenvalue weighted by atomic mass is 19.1. The van der Waals surface area contributed by atoms with Crippen molar-refractivity contribution in [1.29, 1.82) is 0 Å². The number of hydrogen-bond acceptors (Lipinski definition) is 2. The quantitative estimate of drug-likeness (QED) is 0.636. The number of halogens is 1. The van der Waals surface area contributed by atoms with E-state index < -0.39 is 6.04 Å². The number of benzene rings is 2. The van der Waals surface area contributed by atoms with Gasteiger partial charge in [-0.1, -0.05) is 68.7 Å². The second-order valence-corrected chi connectivity index (χ2v) is 8.39. The van der Waals surface area contributed by atoms with Gasteiger partial charge in [0.25, 0.3) is 0 Å². The predicted molar refractivity (Wildman–Crippen MR) is 121 cm³/mol. The van der Waals surface area contributed by atoms with Gasteiger partial charge in [0, 0.05) is 12.6 Å². The van der Waals surface area contributed by atoms with Gasteiger partial charge in [0.15, 0.2) is 0 Å². The molecule has 2 amide bonds. The van der Waals surface area contributed by atoms with Gasteiger partial charge in [-0.3, -0.25) is 9.59 Å². The lowest BCUT2D eigenvalue weighted by molar-refractivity contribution is -0.140. The number of rotatable bonds is 9. The van der Waals surface area contributed by atoms with Gasteiger partial charge >= 0.3 is 0 Å². The molecule has 1 aliphatic rings.